The summed E-state index contributed by atoms with van der Waals surface area (Å²) in [6.07, 6.45) is 2.96. The number of hydrogen-bond acceptors (Lipinski definition) is 4. The van der Waals surface area contributed by atoms with E-state index in [1.165, 1.54) is 0 Å². The molecule has 0 bridgehead atoms. The minimum absolute atomic E-state index is 0.0163. The average Bonchev–Trinajstić information content (AvgIpc) is 3.19. The third-order valence-electron chi connectivity index (χ3n) is 5.06. The highest BCUT2D eigenvalue weighted by atomic mass is 16.5. The standard InChI is InChI=1S/C22H23NO4/c1-2-27-22(26)20-5-3-4-19(20)21(25)17-8-6-15(7-9-17)16-10-12-18(13-11-16)23-14-24/h6-14,19-20H,2-5H2,1H3,(H,23,24)/t19-,20-/m0/s1. The summed E-state index contributed by atoms with van der Waals surface area (Å²) in [4.78, 5) is 35.5. The van der Waals surface area contributed by atoms with Gasteiger partial charge in [-0.15, -0.1) is 0 Å². The third-order valence-corrected chi connectivity index (χ3v) is 5.06. The van der Waals surface area contributed by atoms with Crippen molar-refractivity contribution in [1.29, 1.82) is 0 Å². The van der Waals surface area contributed by atoms with E-state index in [-0.39, 0.29) is 23.6 Å². The highest BCUT2D eigenvalue weighted by Gasteiger charge is 2.38. The first-order valence-corrected chi connectivity index (χ1v) is 9.25. The van der Waals surface area contributed by atoms with Gasteiger partial charge < -0.3 is 10.1 Å². The summed E-state index contributed by atoms with van der Waals surface area (Å²) in [6, 6.07) is 14.9. The van der Waals surface area contributed by atoms with Crippen LogP contribution in [-0.4, -0.2) is 24.8 Å². The molecule has 0 aromatic heterocycles. The Hall–Kier alpha value is -2.95. The Morgan fingerprint density at radius 2 is 1.59 bits per heavy atom. The Labute approximate surface area is 158 Å². The lowest BCUT2D eigenvalue weighted by molar-refractivity contribution is -0.148. The van der Waals surface area contributed by atoms with Crippen LogP contribution in [0.4, 0.5) is 5.69 Å². The second-order valence-electron chi connectivity index (χ2n) is 6.68. The first kappa shape index (κ1) is 18.8. The van der Waals surface area contributed by atoms with Gasteiger partial charge in [-0.05, 0) is 43.0 Å². The highest BCUT2D eigenvalue weighted by molar-refractivity contribution is 6.00. The molecule has 1 amide bonds. The number of carbonyl (C=O) groups is 3. The number of ether oxygens (including phenoxy) is 1. The Bertz CT molecular complexity index is 811. The number of ketones is 1. The van der Waals surface area contributed by atoms with Gasteiger partial charge in [0.15, 0.2) is 5.78 Å². The fourth-order valence-electron chi connectivity index (χ4n) is 3.67. The number of amides is 1. The molecule has 0 saturated heterocycles. The van der Waals surface area contributed by atoms with Crippen molar-refractivity contribution in [2.24, 2.45) is 11.8 Å². The topological polar surface area (TPSA) is 72.5 Å². The molecule has 1 aliphatic carbocycles. The number of carbonyl (C=O) groups excluding carboxylic acids is 3. The lowest BCUT2D eigenvalue weighted by atomic mass is 9.88. The van der Waals surface area contributed by atoms with E-state index in [0.29, 0.717) is 25.0 Å². The molecule has 5 heteroatoms. The van der Waals surface area contributed by atoms with Gasteiger partial charge in [-0.3, -0.25) is 14.4 Å². The molecule has 1 saturated carbocycles. The van der Waals surface area contributed by atoms with Crippen molar-refractivity contribution >= 4 is 23.9 Å². The van der Waals surface area contributed by atoms with Crippen LogP contribution in [-0.2, 0) is 14.3 Å². The largest absolute Gasteiger partial charge is 0.466 e. The zero-order valence-corrected chi connectivity index (χ0v) is 15.3. The van der Waals surface area contributed by atoms with Crippen LogP contribution in [0.15, 0.2) is 48.5 Å². The van der Waals surface area contributed by atoms with Gasteiger partial charge in [0.05, 0.1) is 12.5 Å². The Kier molecular flexibility index (Phi) is 6.01. The Morgan fingerprint density at radius 3 is 2.19 bits per heavy atom. The van der Waals surface area contributed by atoms with E-state index in [2.05, 4.69) is 5.32 Å². The number of esters is 1. The van der Waals surface area contributed by atoms with Gasteiger partial charge >= 0.3 is 5.97 Å². The summed E-state index contributed by atoms with van der Waals surface area (Å²) in [7, 11) is 0. The number of nitrogens with one attached hydrogen (secondary N) is 1. The van der Waals surface area contributed by atoms with E-state index in [1.807, 2.05) is 48.5 Å². The predicted octanol–water partition coefficient (Wildman–Crippen LogP) is 4.08. The molecule has 2 atom stereocenters. The number of anilines is 1. The molecule has 2 aromatic rings. The van der Waals surface area contributed by atoms with Gasteiger partial charge in [0.2, 0.25) is 6.41 Å². The minimum atomic E-state index is -0.324. The van der Waals surface area contributed by atoms with Crippen molar-refractivity contribution in [2.75, 3.05) is 11.9 Å². The van der Waals surface area contributed by atoms with Gasteiger partial charge in [0.1, 0.15) is 0 Å². The van der Waals surface area contributed by atoms with E-state index in [0.717, 1.165) is 29.7 Å². The maximum Gasteiger partial charge on any atom is 0.309 e. The molecule has 3 rings (SSSR count). The van der Waals surface area contributed by atoms with Crippen LogP contribution in [0.1, 0.15) is 36.5 Å². The number of Topliss-reactive ketones (excluding diaryl/α,β-unsaturated/α-hetero) is 1. The molecule has 140 valence electrons. The molecule has 0 heterocycles. The van der Waals surface area contributed by atoms with Crippen LogP contribution in [0.25, 0.3) is 11.1 Å². The summed E-state index contributed by atoms with van der Waals surface area (Å²) in [5.74, 6) is -0.852. The van der Waals surface area contributed by atoms with E-state index in [4.69, 9.17) is 4.74 Å². The monoisotopic (exact) mass is 365 g/mol. The van der Waals surface area contributed by atoms with Crippen molar-refractivity contribution in [2.45, 2.75) is 26.2 Å². The smallest absolute Gasteiger partial charge is 0.309 e. The number of benzene rings is 2. The van der Waals surface area contributed by atoms with Crippen molar-refractivity contribution in [3.63, 3.8) is 0 Å². The Balaban J connectivity index is 1.73. The zero-order valence-electron chi connectivity index (χ0n) is 15.3. The van der Waals surface area contributed by atoms with Crippen LogP contribution in [0.5, 0.6) is 0 Å². The highest BCUT2D eigenvalue weighted by Crippen LogP contribution is 2.35. The molecule has 0 radical (unpaired) electrons. The fourth-order valence-corrected chi connectivity index (χ4v) is 3.67. The first-order valence-electron chi connectivity index (χ1n) is 9.25. The molecule has 1 fully saturated rings. The quantitative estimate of drug-likeness (QED) is 0.456. The molecule has 1 aliphatic rings. The Morgan fingerprint density at radius 1 is 1.00 bits per heavy atom. The average molecular weight is 365 g/mol. The van der Waals surface area contributed by atoms with Gasteiger partial charge in [-0.2, -0.15) is 0 Å². The summed E-state index contributed by atoms with van der Waals surface area (Å²) in [5.41, 5.74) is 3.33. The second kappa shape index (κ2) is 8.62. The van der Waals surface area contributed by atoms with Crippen LogP contribution >= 0.6 is 0 Å². The SMILES string of the molecule is CCOC(=O)[C@H]1CCC[C@@H]1C(=O)c1ccc(-c2ccc(NC=O)cc2)cc1. The fraction of sp³-hybridized carbons (Fsp3) is 0.318. The molecular formula is C22H23NO4. The second-order valence-corrected chi connectivity index (χ2v) is 6.68. The summed E-state index contributed by atoms with van der Waals surface area (Å²) in [5, 5.41) is 2.60. The zero-order chi connectivity index (χ0) is 19.2. The molecular weight excluding hydrogens is 342 g/mol. The van der Waals surface area contributed by atoms with Crippen LogP contribution in [0, 0.1) is 11.8 Å². The number of hydrogen-bond donors (Lipinski definition) is 1. The van der Waals surface area contributed by atoms with E-state index >= 15 is 0 Å². The molecule has 0 spiro atoms. The first-order chi connectivity index (χ1) is 13.1. The molecule has 0 unspecified atom stereocenters. The minimum Gasteiger partial charge on any atom is -0.466 e. The number of rotatable bonds is 7. The maximum atomic E-state index is 12.9. The summed E-state index contributed by atoms with van der Waals surface area (Å²) < 4.78 is 5.13. The van der Waals surface area contributed by atoms with Crippen molar-refractivity contribution in [3.05, 3.63) is 54.1 Å². The lowest BCUT2D eigenvalue weighted by Crippen LogP contribution is -2.27. The third kappa shape index (κ3) is 4.25. The van der Waals surface area contributed by atoms with Crippen LogP contribution < -0.4 is 5.32 Å². The molecule has 1 N–H and O–H groups in total. The van der Waals surface area contributed by atoms with E-state index < -0.39 is 0 Å². The summed E-state index contributed by atoms with van der Waals surface area (Å²) in [6.45, 7) is 2.12. The van der Waals surface area contributed by atoms with Gasteiger partial charge in [0.25, 0.3) is 0 Å². The van der Waals surface area contributed by atoms with Crippen LogP contribution in [0.3, 0.4) is 0 Å². The maximum absolute atomic E-state index is 12.9. The predicted molar refractivity (Wildman–Crippen MR) is 103 cm³/mol. The van der Waals surface area contributed by atoms with Crippen LogP contribution in [0.2, 0.25) is 0 Å². The van der Waals surface area contributed by atoms with Gasteiger partial charge in [-0.25, -0.2) is 0 Å². The molecule has 5 nitrogen and oxygen atoms in total. The van der Waals surface area contributed by atoms with Crippen molar-refractivity contribution < 1.29 is 19.1 Å². The van der Waals surface area contributed by atoms with Gasteiger partial charge in [-0.1, -0.05) is 42.8 Å². The van der Waals surface area contributed by atoms with Crippen molar-refractivity contribution in [3.8, 4) is 11.1 Å². The summed E-state index contributed by atoms with van der Waals surface area (Å²) >= 11 is 0. The van der Waals surface area contributed by atoms with Gasteiger partial charge in [0, 0.05) is 17.2 Å². The van der Waals surface area contributed by atoms with Crippen molar-refractivity contribution in [1.82, 2.24) is 0 Å². The molecule has 2 aromatic carbocycles. The van der Waals surface area contributed by atoms with E-state index in [1.54, 1.807) is 6.92 Å². The normalized spacial score (nSPS) is 18.7. The molecule has 0 aliphatic heterocycles. The lowest BCUT2D eigenvalue weighted by Gasteiger charge is -2.17. The van der Waals surface area contributed by atoms with E-state index in [9.17, 15) is 14.4 Å². The molecule has 27 heavy (non-hydrogen) atoms.